The number of piperazine rings is 1. The number of anilines is 1. The quantitative estimate of drug-likeness (QED) is 0.737. The Bertz CT molecular complexity index is 935. The second-order valence-electron chi connectivity index (χ2n) is 8.27. The molecule has 4 rings (SSSR count). The maximum atomic E-state index is 14.5. The maximum Gasteiger partial charge on any atom is 0.319 e. The van der Waals surface area contributed by atoms with Gasteiger partial charge in [-0.25, -0.2) is 19.2 Å². The van der Waals surface area contributed by atoms with E-state index in [1.807, 2.05) is 11.8 Å². The Morgan fingerprint density at radius 3 is 2.47 bits per heavy atom. The van der Waals surface area contributed by atoms with Crippen molar-refractivity contribution in [2.75, 3.05) is 45.2 Å². The van der Waals surface area contributed by atoms with E-state index in [0.717, 1.165) is 35.7 Å². The molecule has 1 aromatic heterocycles. The molecule has 0 unspecified atom stereocenters. The Morgan fingerprint density at radius 2 is 1.87 bits per heavy atom. The molecular formula is C22H27ClFN5O. The van der Waals surface area contributed by atoms with Crippen LogP contribution in [0.25, 0.3) is 0 Å². The predicted octanol–water partition coefficient (Wildman–Crippen LogP) is 3.85. The van der Waals surface area contributed by atoms with Gasteiger partial charge >= 0.3 is 6.03 Å². The number of hydrogen-bond acceptors (Lipinski definition) is 4. The third-order valence-corrected chi connectivity index (χ3v) is 6.15. The first-order valence-electron chi connectivity index (χ1n) is 10.4. The minimum atomic E-state index is -0.319. The third kappa shape index (κ3) is 4.21. The molecule has 2 fully saturated rings. The highest BCUT2D eigenvalue weighted by Gasteiger charge is 2.31. The van der Waals surface area contributed by atoms with E-state index in [0.29, 0.717) is 49.1 Å². The van der Waals surface area contributed by atoms with Crippen molar-refractivity contribution < 1.29 is 9.18 Å². The minimum absolute atomic E-state index is 0.0190. The summed E-state index contributed by atoms with van der Waals surface area (Å²) in [5.41, 5.74) is 2.24. The van der Waals surface area contributed by atoms with Crippen LogP contribution in [0.15, 0.2) is 18.2 Å². The zero-order valence-electron chi connectivity index (χ0n) is 17.7. The van der Waals surface area contributed by atoms with E-state index in [1.165, 1.54) is 6.07 Å². The number of amides is 2. The van der Waals surface area contributed by atoms with Crippen molar-refractivity contribution in [3.63, 3.8) is 0 Å². The van der Waals surface area contributed by atoms with Gasteiger partial charge < -0.3 is 14.7 Å². The van der Waals surface area contributed by atoms with Crippen molar-refractivity contribution in [2.24, 2.45) is 0 Å². The van der Waals surface area contributed by atoms with Gasteiger partial charge in [0.15, 0.2) is 0 Å². The lowest BCUT2D eigenvalue weighted by Gasteiger charge is -2.37. The molecule has 0 radical (unpaired) electrons. The monoisotopic (exact) mass is 431 g/mol. The number of rotatable bonds is 4. The van der Waals surface area contributed by atoms with E-state index >= 15 is 0 Å². The summed E-state index contributed by atoms with van der Waals surface area (Å²) in [5.74, 6) is 1.82. The molecule has 1 aliphatic carbocycles. The number of aromatic nitrogens is 2. The van der Waals surface area contributed by atoms with E-state index in [-0.39, 0.29) is 11.8 Å². The highest BCUT2D eigenvalue weighted by Crippen LogP contribution is 2.40. The van der Waals surface area contributed by atoms with Crippen LogP contribution in [0.2, 0.25) is 5.02 Å². The fraction of sp³-hybridized carbons (Fsp3) is 0.500. The summed E-state index contributed by atoms with van der Waals surface area (Å²) in [7, 11) is 3.53. The van der Waals surface area contributed by atoms with Gasteiger partial charge in [0.05, 0.1) is 0 Å². The molecule has 2 aliphatic rings. The number of halogens is 2. The lowest BCUT2D eigenvalue weighted by atomic mass is 10.0. The van der Waals surface area contributed by atoms with E-state index in [9.17, 15) is 9.18 Å². The van der Waals surface area contributed by atoms with Gasteiger partial charge in [-0.15, -0.1) is 0 Å². The second-order valence-corrected chi connectivity index (χ2v) is 8.68. The summed E-state index contributed by atoms with van der Waals surface area (Å²) in [6.45, 7) is 4.57. The molecule has 0 spiro atoms. The van der Waals surface area contributed by atoms with Crippen molar-refractivity contribution in [1.82, 2.24) is 19.8 Å². The Kier molecular flexibility index (Phi) is 5.82. The summed E-state index contributed by atoms with van der Waals surface area (Å²) < 4.78 is 14.5. The molecule has 30 heavy (non-hydrogen) atoms. The molecule has 2 amide bonds. The van der Waals surface area contributed by atoms with E-state index < -0.39 is 0 Å². The normalized spacial score (nSPS) is 16.7. The number of benzene rings is 1. The average molecular weight is 432 g/mol. The van der Waals surface area contributed by atoms with Crippen LogP contribution in [-0.4, -0.2) is 66.1 Å². The number of carbonyl (C=O) groups is 1. The maximum absolute atomic E-state index is 14.5. The van der Waals surface area contributed by atoms with Gasteiger partial charge in [0, 0.05) is 74.5 Å². The second kappa shape index (κ2) is 8.38. The number of hydrogen-bond donors (Lipinski definition) is 0. The van der Waals surface area contributed by atoms with Crippen molar-refractivity contribution in [2.45, 2.75) is 32.1 Å². The Hall–Kier alpha value is -2.41. The van der Waals surface area contributed by atoms with Crippen LogP contribution >= 0.6 is 11.6 Å². The average Bonchev–Trinajstić information content (AvgIpc) is 3.56. The fourth-order valence-corrected chi connectivity index (χ4v) is 4.09. The van der Waals surface area contributed by atoms with Gasteiger partial charge in [-0.3, -0.25) is 0 Å². The van der Waals surface area contributed by atoms with Gasteiger partial charge in [-0.05, 0) is 31.9 Å². The summed E-state index contributed by atoms with van der Waals surface area (Å²) >= 11 is 6.30. The molecule has 160 valence electrons. The van der Waals surface area contributed by atoms with Crippen LogP contribution in [0.5, 0.6) is 0 Å². The molecule has 2 aromatic rings. The summed E-state index contributed by atoms with van der Waals surface area (Å²) in [4.78, 5) is 27.6. The van der Waals surface area contributed by atoms with Crippen LogP contribution in [-0.2, 0) is 6.42 Å². The van der Waals surface area contributed by atoms with E-state index in [4.69, 9.17) is 21.6 Å². The zero-order valence-corrected chi connectivity index (χ0v) is 18.4. The van der Waals surface area contributed by atoms with Crippen LogP contribution in [0.4, 0.5) is 15.0 Å². The third-order valence-electron chi connectivity index (χ3n) is 5.80. The Labute approximate surface area is 181 Å². The standard InChI is InChI=1S/C22H27ClFN5O/c1-14-16(13-17-18(23)5-4-6-19(17)24)21(26-20(25-14)15-7-8-15)28-9-11-29(12-10-28)22(30)27(2)3/h4-6,15H,7-13H2,1-3H3. The summed E-state index contributed by atoms with van der Waals surface area (Å²) in [6, 6.07) is 4.77. The van der Waals surface area contributed by atoms with Crippen molar-refractivity contribution in [3.05, 3.63) is 51.7 Å². The first-order chi connectivity index (χ1) is 14.3. The highest BCUT2D eigenvalue weighted by atomic mass is 35.5. The Balaban J connectivity index is 1.65. The molecule has 0 atom stereocenters. The molecule has 2 heterocycles. The van der Waals surface area contributed by atoms with Crippen LogP contribution in [0, 0.1) is 12.7 Å². The van der Waals surface area contributed by atoms with Gasteiger partial charge in [0.1, 0.15) is 17.5 Å². The van der Waals surface area contributed by atoms with Crippen LogP contribution in [0.1, 0.15) is 41.4 Å². The zero-order chi connectivity index (χ0) is 21.4. The summed E-state index contributed by atoms with van der Waals surface area (Å²) in [5, 5.41) is 0.410. The van der Waals surface area contributed by atoms with Gasteiger partial charge in [0.25, 0.3) is 0 Å². The molecule has 0 bridgehead atoms. The van der Waals surface area contributed by atoms with Gasteiger partial charge in [-0.2, -0.15) is 0 Å². The van der Waals surface area contributed by atoms with Gasteiger partial charge in [-0.1, -0.05) is 17.7 Å². The van der Waals surface area contributed by atoms with Crippen molar-refractivity contribution in [3.8, 4) is 0 Å². The van der Waals surface area contributed by atoms with E-state index in [1.54, 1.807) is 31.1 Å². The van der Waals surface area contributed by atoms with Crippen LogP contribution < -0.4 is 4.90 Å². The van der Waals surface area contributed by atoms with E-state index in [2.05, 4.69) is 4.90 Å². The number of urea groups is 1. The molecule has 1 aliphatic heterocycles. The lowest BCUT2D eigenvalue weighted by Crippen LogP contribution is -2.52. The Morgan fingerprint density at radius 1 is 1.17 bits per heavy atom. The first-order valence-corrected chi connectivity index (χ1v) is 10.7. The fourth-order valence-electron chi connectivity index (χ4n) is 3.87. The first kappa shape index (κ1) is 20.8. The largest absolute Gasteiger partial charge is 0.353 e. The smallest absolute Gasteiger partial charge is 0.319 e. The molecule has 6 nitrogen and oxygen atoms in total. The van der Waals surface area contributed by atoms with Crippen molar-refractivity contribution >= 4 is 23.4 Å². The molecule has 1 saturated heterocycles. The molecule has 1 saturated carbocycles. The van der Waals surface area contributed by atoms with Gasteiger partial charge in [0.2, 0.25) is 0 Å². The van der Waals surface area contributed by atoms with Crippen LogP contribution in [0.3, 0.4) is 0 Å². The molecule has 8 heteroatoms. The lowest BCUT2D eigenvalue weighted by molar-refractivity contribution is 0.168. The van der Waals surface area contributed by atoms with Crippen molar-refractivity contribution in [1.29, 1.82) is 0 Å². The molecule has 0 N–H and O–H groups in total. The highest BCUT2D eigenvalue weighted by molar-refractivity contribution is 6.31. The number of aryl methyl sites for hydroxylation is 1. The molecule has 1 aromatic carbocycles. The number of carbonyl (C=O) groups excluding carboxylic acids is 1. The predicted molar refractivity (Wildman–Crippen MR) is 116 cm³/mol. The number of nitrogens with zero attached hydrogens (tertiary/aromatic N) is 5. The summed E-state index contributed by atoms with van der Waals surface area (Å²) in [6.07, 6.45) is 2.57. The topological polar surface area (TPSA) is 52.6 Å². The molecular weight excluding hydrogens is 405 g/mol. The SMILES string of the molecule is Cc1nc(C2CC2)nc(N2CCN(C(=O)N(C)C)CC2)c1Cc1c(F)cccc1Cl. The minimum Gasteiger partial charge on any atom is -0.353 e.